The van der Waals surface area contributed by atoms with Gasteiger partial charge in [-0.25, -0.2) is 0 Å². The number of ether oxygens (including phenoxy) is 1. The van der Waals surface area contributed by atoms with Crippen LogP contribution in [0.15, 0.2) is 67.0 Å². The summed E-state index contributed by atoms with van der Waals surface area (Å²) in [5, 5.41) is 11.9. The van der Waals surface area contributed by atoms with E-state index in [9.17, 15) is 5.11 Å². The highest BCUT2D eigenvalue weighted by molar-refractivity contribution is 6.30. The number of likely N-dealkylation sites (tertiary alicyclic amines) is 1. The van der Waals surface area contributed by atoms with Gasteiger partial charge in [0.2, 0.25) is 0 Å². The quantitative estimate of drug-likeness (QED) is 0.598. The van der Waals surface area contributed by atoms with E-state index in [1.54, 1.807) is 12.4 Å². The van der Waals surface area contributed by atoms with Crippen molar-refractivity contribution in [1.29, 1.82) is 0 Å². The fraction of sp³-hybridized carbons (Fsp3) is 0.370. The van der Waals surface area contributed by atoms with Gasteiger partial charge in [-0.05, 0) is 54.3 Å². The molecular formula is C27H30ClN3O2. The van der Waals surface area contributed by atoms with Crippen LogP contribution in [0.3, 0.4) is 0 Å². The van der Waals surface area contributed by atoms with Crippen molar-refractivity contribution in [3.05, 3.63) is 94.3 Å². The number of halogens is 1. The maximum absolute atomic E-state index is 11.1. The molecule has 2 aromatic carbocycles. The minimum atomic E-state index is -0.769. The van der Waals surface area contributed by atoms with Gasteiger partial charge < -0.3 is 9.84 Å². The third-order valence-electron chi connectivity index (χ3n) is 6.79. The number of hydrogen-bond acceptors (Lipinski definition) is 5. The average molecular weight is 464 g/mol. The Kier molecular flexibility index (Phi) is 6.65. The molecule has 0 bridgehead atoms. The third kappa shape index (κ3) is 5.39. The third-order valence-corrected chi connectivity index (χ3v) is 7.04. The molecular weight excluding hydrogens is 434 g/mol. The monoisotopic (exact) mass is 463 g/mol. The van der Waals surface area contributed by atoms with Gasteiger partial charge in [0.15, 0.2) is 0 Å². The fourth-order valence-electron chi connectivity index (χ4n) is 4.85. The molecule has 2 aliphatic heterocycles. The van der Waals surface area contributed by atoms with Crippen molar-refractivity contribution in [2.75, 3.05) is 26.2 Å². The molecule has 0 radical (unpaired) electrons. The summed E-state index contributed by atoms with van der Waals surface area (Å²) >= 11 is 6.04. The second-order valence-electron chi connectivity index (χ2n) is 9.18. The zero-order valence-electron chi connectivity index (χ0n) is 18.8. The molecule has 0 aliphatic carbocycles. The van der Waals surface area contributed by atoms with Crippen LogP contribution in [0, 0.1) is 0 Å². The van der Waals surface area contributed by atoms with E-state index < -0.39 is 5.60 Å². The standard InChI is InChI=1S/C27H30ClN3O2/c28-25-6-3-21(4-7-25)18-31-14-15-33-26-8-5-22(16-23(26)20-31)19-30-12-9-27(32,10-13-30)24-2-1-11-29-17-24/h1-8,11,16-17,32H,9-10,12-15,18-20H2. The smallest absolute Gasteiger partial charge is 0.123 e. The number of hydrogen-bond donors (Lipinski definition) is 1. The van der Waals surface area contributed by atoms with E-state index in [2.05, 4.69) is 45.1 Å². The predicted molar refractivity (Wildman–Crippen MR) is 130 cm³/mol. The molecule has 1 N–H and O–H groups in total. The van der Waals surface area contributed by atoms with Crippen LogP contribution in [0.2, 0.25) is 5.02 Å². The lowest BCUT2D eigenvalue weighted by molar-refractivity contribution is -0.0279. The lowest BCUT2D eigenvalue weighted by Crippen LogP contribution is -2.42. The first-order valence-electron chi connectivity index (χ1n) is 11.6. The van der Waals surface area contributed by atoms with Crippen molar-refractivity contribution >= 4 is 11.6 Å². The van der Waals surface area contributed by atoms with Crippen molar-refractivity contribution in [3.8, 4) is 5.75 Å². The lowest BCUT2D eigenvalue weighted by Gasteiger charge is -2.38. The molecule has 1 fully saturated rings. The summed E-state index contributed by atoms with van der Waals surface area (Å²) in [6.07, 6.45) is 4.99. The summed E-state index contributed by atoms with van der Waals surface area (Å²) in [7, 11) is 0. The van der Waals surface area contributed by atoms with Crippen LogP contribution in [0.1, 0.15) is 35.1 Å². The zero-order chi connectivity index (χ0) is 22.7. The molecule has 1 saturated heterocycles. The van der Waals surface area contributed by atoms with Crippen LogP contribution < -0.4 is 4.74 Å². The summed E-state index contributed by atoms with van der Waals surface area (Å²) in [6.45, 7) is 5.94. The highest BCUT2D eigenvalue weighted by Gasteiger charge is 2.34. The predicted octanol–water partition coefficient (Wildman–Crippen LogP) is 4.61. The first-order valence-corrected chi connectivity index (χ1v) is 12.0. The van der Waals surface area contributed by atoms with Crippen molar-refractivity contribution < 1.29 is 9.84 Å². The van der Waals surface area contributed by atoms with Gasteiger partial charge in [0.05, 0.1) is 5.60 Å². The lowest BCUT2D eigenvalue weighted by atomic mass is 9.85. The Morgan fingerprint density at radius 1 is 0.939 bits per heavy atom. The maximum Gasteiger partial charge on any atom is 0.123 e. The van der Waals surface area contributed by atoms with Gasteiger partial charge in [0, 0.05) is 67.8 Å². The number of rotatable bonds is 5. The minimum Gasteiger partial charge on any atom is -0.492 e. The Hall–Kier alpha value is -2.44. The van der Waals surface area contributed by atoms with Gasteiger partial charge >= 0.3 is 0 Å². The first kappa shape index (κ1) is 22.4. The van der Waals surface area contributed by atoms with Crippen LogP contribution in [-0.2, 0) is 25.2 Å². The molecule has 5 rings (SSSR count). The number of nitrogens with zero attached hydrogens (tertiary/aromatic N) is 3. The van der Waals surface area contributed by atoms with Gasteiger partial charge in [0.25, 0.3) is 0 Å². The molecule has 3 aromatic rings. The van der Waals surface area contributed by atoms with Gasteiger partial charge in [-0.1, -0.05) is 35.9 Å². The number of aliphatic hydroxyl groups is 1. The Bertz CT molecular complexity index is 1070. The highest BCUT2D eigenvalue weighted by atomic mass is 35.5. The number of fused-ring (bicyclic) bond motifs is 1. The average Bonchev–Trinajstić information content (AvgIpc) is 3.04. The molecule has 3 heterocycles. The van der Waals surface area contributed by atoms with Gasteiger partial charge in [0.1, 0.15) is 12.4 Å². The van der Waals surface area contributed by atoms with Crippen LogP contribution in [-0.4, -0.2) is 46.1 Å². The van der Waals surface area contributed by atoms with Crippen LogP contribution >= 0.6 is 11.6 Å². The molecule has 5 nitrogen and oxygen atoms in total. The number of piperidine rings is 1. The summed E-state index contributed by atoms with van der Waals surface area (Å²) in [5.74, 6) is 0.988. The van der Waals surface area contributed by atoms with Gasteiger partial charge in [-0.3, -0.25) is 14.8 Å². The van der Waals surface area contributed by atoms with Crippen molar-refractivity contribution in [2.24, 2.45) is 0 Å². The van der Waals surface area contributed by atoms with E-state index in [0.717, 1.165) is 68.4 Å². The molecule has 172 valence electrons. The molecule has 33 heavy (non-hydrogen) atoms. The molecule has 0 atom stereocenters. The molecule has 0 unspecified atom stereocenters. The van der Waals surface area contributed by atoms with Crippen molar-refractivity contribution in [2.45, 2.75) is 38.1 Å². The molecule has 1 aromatic heterocycles. The minimum absolute atomic E-state index is 0.693. The first-order chi connectivity index (χ1) is 16.1. The number of aromatic nitrogens is 1. The molecule has 0 spiro atoms. The van der Waals surface area contributed by atoms with Crippen LogP contribution in [0.5, 0.6) is 5.75 Å². The number of benzene rings is 2. The normalized spacial score (nSPS) is 18.8. The van der Waals surface area contributed by atoms with E-state index in [-0.39, 0.29) is 0 Å². The highest BCUT2D eigenvalue weighted by Crippen LogP contribution is 2.33. The Morgan fingerprint density at radius 2 is 1.70 bits per heavy atom. The van der Waals surface area contributed by atoms with E-state index in [0.29, 0.717) is 6.61 Å². The SMILES string of the molecule is OC1(c2cccnc2)CCN(Cc2ccc3c(c2)CN(Cc2ccc(Cl)cc2)CCO3)CC1. The largest absolute Gasteiger partial charge is 0.492 e. The molecule has 0 amide bonds. The van der Waals surface area contributed by atoms with E-state index in [4.69, 9.17) is 16.3 Å². The zero-order valence-corrected chi connectivity index (χ0v) is 19.5. The summed E-state index contributed by atoms with van der Waals surface area (Å²) in [6, 6.07) is 18.5. The van der Waals surface area contributed by atoms with Crippen LogP contribution in [0.4, 0.5) is 0 Å². The second-order valence-corrected chi connectivity index (χ2v) is 9.61. The second kappa shape index (κ2) is 9.82. The molecule has 0 saturated carbocycles. The van der Waals surface area contributed by atoms with Gasteiger partial charge in [-0.15, -0.1) is 0 Å². The van der Waals surface area contributed by atoms with E-state index in [1.807, 2.05) is 24.3 Å². The van der Waals surface area contributed by atoms with Crippen LogP contribution in [0.25, 0.3) is 0 Å². The Balaban J connectivity index is 1.22. The molecule has 6 heteroatoms. The summed E-state index contributed by atoms with van der Waals surface area (Å²) in [4.78, 5) is 9.03. The summed E-state index contributed by atoms with van der Waals surface area (Å²) < 4.78 is 6.04. The number of pyridine rings is 1. The fourth-order valence-corrected chi connectivity index (χ4v) is 4.98. The van der Waals surface area contributed by atoms with E-state index >= 15 is 0 Å². The van der Waals surface area contributed by atoms with Crippen molar-refractivity contribution in [3.63, 3.8) is 0 Å². The molecule has 2 aliphatic rings. The Morgan fingerprint density at radius 3 is 2.45 bits per heavy atom. The van der Waals surface area contributed by atoms with Gasteiger partial charge in [-0.2, -0.15) is 0 Å². The Labute approximate surface area is 200 Å². The summed E-state index contributed by atoms with van der Waals surface area (Å²) in [5.41, 5.74) is 3.94. The van der Waals surface area contributed by atoms with E-state index in [1.165, 1.54) is 16.7 Å². The van der Waals surface area contributed by atoms with Crippen molar-refractivity contribution in [1.82, 2.24) is 14.8 Å². The topological polar surface area (TPSA) is 48.8 Å². The maximum atomic E-state index is 11.1.